The van der Waals surface area contributed by atoms with Crippen molar-refractivity contribution in [2.75, 3.05) is 13.2 Å². The summed E-state index contributed by atoms with van der Waals surface area (Å²) in [4.78, 5) is 12.4. The van der Waals surface area contributed by atoms with Gasteiger partial charge in [-0.25, -0.2) is 9.69 Å². The quantitative estimate of drug-likeness (QED) is 0.857. The van der Waals surface area contributed by atoms with Crippen LogP contribution in [0.3, 0.4) is 0 Å². The first-order valence-corrected chi connectivity index (χ1v) is 7.83. The Hall–Kier alpha value is -1.80. The van der Waals surface area contributed by atoms with E-state index in [4.69, 9.17) is 9.47 Å². The van der Waals surface area contributed by atoms with E-state index in [0.717, 1.165) is 5.56 Å². The van der Waals surface area contributed by atoms with Crippen molar-refractivity contribution in [1.82, 2.24) is 10.2 Å². The molecule has 1 N–H and O–H groups in total. The molecule has 24 heavy (non-hydrogen) atoms. The Labute approximate surface area is 137 Å². The fraction of sp³-hybridized carbons (Fsp3) is 0.562. The fourth-order valence-electron chi connectivity index (χ4n) is 3.38. The van der Waals surface area contributed by atoms with Gasteiger partial charge in [0.05, 0.1) is 13.2 Å². The van der Waals surface area contributed by atoms with Gasteiger partial charge < -0.3 is 14.8 Å². The van der Waals surface area contributed by atoms with Crippen molar-refractivity contribution in [1.29, 1.82) is 0 Å². The molecule has 0 radical (unpaired) electrons. The average molecular weight is 344 g/mol. The third-order valence-corrected chi connectivity index (χ3v) is 4.35. The zero-order valence-electron chi connectivity index (χ0n) is 13.0. The Kier molecular flexibility index (Phi) is 4.96. The molecule has 2 fully saturated rings. The SMILES string of the molecule is O=C(NC1CC2COCC(C1)N2C(F)(F)F)OCc1ccccc1. The molecule has 1 aromatic rings. The van der Waals surface area contributed by atoms with E-state index in [2.05, 4.69) is 5.32 Å². The Balaban J connectivity index is 1.53. The number of amides is 1. The first kappa shape index (κ1) is 17.0. The molecule has 8 heteroatoms. The van der Waals surface area contributed by atoms with Crippen LogP contribution in [0.1, 0.15) is 18.4 Å². The molecule has 3 rings (SSSR count). The molecule has 0 saturated carbocycles. The van der Waals surface area contributed by atoms with Crippen LogP contribution in [0.4, 0.5) is 18.0 Å². The number of rotatable bonds is 3. The Morgan fingerprint density at radius 2 is 1.83 bits per heavy atom. The number of alkyl halides is 3. The van der Waals surface area contributed by atoms with Crippen LogP contribution in [-0.4, -0.2) is 48.6 Å². The smallest absolute Gasteiger partial charge is 0.445 e. The molecule has 132 valence electrons. The molecule has 1 amide bonds. The number of carbonyl (C=O) groups excluding carboxylic acids is 1. The molecule has 2 aliphatic rings. The summed E-state index contributed by atoms with van der Waals surface area (Å²) in [5.41, 5.74) is 0.852. The van der Waals surface area contributed by atoms with Gasteiger partial charge in [-0.2, -0.15) is 13.2 Å². The number of fused-ring (bicyclic) bond motifs is 2. The second kappa shape index (κ2) is 6.98. The monoisotopic (exact) mass is 344 g/mol. The van der Waals surface area contributed by atoms with Crippen LogP contribution in [0.5, 0.6) is 0 Å². The number of halogens is 3. The molecule has 5 nitrogen and oxygen atoms in total. The summed E-state index contributed by atoms with van der Waals surface area (Å²) in [6, 6.07) is 7.32. The van der Waals surface area contributed by atoms with E-state index in [9.17, 15) is 18.0 Å². The lowest BCUT2D eigenvalue weighted by Gasteiger charge is -2.48. The molecule has 0 spiro atoms. The average Bonchev–Trinajstić information content (AvgIpc) is 2.52. The molecule has 2 aliphatic heterocycles. The minimum absolute atomic E-state index is 0.0211. The predicted molar refractivity (Wildman–Crippen MR) is 79.1 cm³/mol. The van der Waals surface area contributed by atoms with Crippen molar-refractivity contribution in [3.63, 3.8) is 0 Å². The van der Waals surface area contributed by atoms with Crippen LogP contribution >= 0.6 is 0 Å². The lowest BCUT2D eigenvalue weighted by atomic mass is 9.90. The van der Waals surface area contributed by atoms with Crippen LogP contribution in [-0.2, 0) is 16.1 Å². The fourth-order valence-corrected chi connectivity index (χ4v) is 3.38. The lowest BCUT2D eigenvalue weighted by molar-refractivity contribution is -0.301. The topological polar surface area (TPSA) is 50.8 Å². The van der Waals surface area contributed by atoms with Gasteiger partial charge in [0, 0.05) is 18.1 Å². The van der Waals surface area contributed by atoms with Crippen molar-refractivity contribution >= 4 is 6.09 Å². The van der Waals surface area contributed by atoms with E-state index in [0.29, 0.717) is 4.90 Å². The van der Waals surface area contributed by atoms with Crippen LogP contribution < -0.4 is 5.32 Å². The second-order valence-electron chi connectivity index (χ2n) is 6.09. The van der Waals surface area contributed by atoms with Gasteiger partial charge in [-0.15, -0.1) is 0 Å². The Morgan fingerprint density at radius 1 is 1.21 bits per heavy atom. The van der Waals surface area contributed by atoms with Crippen molar-refractivity contribution in [2.45, 2.75) is 43.9 Å². The highest BCUT2D eigenvalue weighted by molar-refractivity contribution is 5.67. The molecule has 1 aromatic carbocycles. The first-order chi connectivity index (χ1) is 11.4. The van der Waals surface area contributed by atoms with Gasteiger partial charge in [0.25, 0.3) is 0 Å². The van der Waals surface area contributed by atoms with E-state index < -0.39 is 24.5 Å². The van der Waals surface area contributed by atoms with E-state index in [1.807, 2.05) is 30.3 Å². The van der Waals surface area contributed by atoms with E-state index in [1.165, 1.54) is 0 Å². The van der Waals surface area contributed by atoms with Crippen molar-refractivity contribution in [3.8, 4) is 0 Å². The molecule has 2 unspecified atom stereocenters. The van der Waals surface area contributed by atoms with Crippen molar-refractivity contribution in [3.05, 3.63) is 35.9 Å². The minimum atomic E-state index is -4.38. The maximum atomic E-state index is 13.1. The Morgan fingerprint density at radius 3 is 2.42 bits per heavy atom. The number of morpholine rings is 1. The maximum absolute atomic E-state index is 13.1. The van der Waals surface area contributed by atoms with Gasteiger partial charge in [-0.3, -0.25) is 0 Å². The molecule has 0 aromatic heterocycles. The maximum Gasteiger partial charge on any atom is 0.460 e. The molecular formula is C16H19F3N2O3. The number of alkyl carbamates (subject to hydrolysis) is 1. The van der Waals surface area contributed by atoms with Gasteiger partial charge in [0.15, 0.2) is 0 Å². The van der Waals surface area contributed by atoms with Crippen molar-refractivity contribution < 1.29 is 27.4 Å². The van der Waals surface area contributed by atoms with Gasteiger partial charge in [0.1, 0.15) is 6.61 Å². The van der Waals surface area contributed by atoms with E-state index in [-0.39, 0.29) is 38.7 Å². The molecular weight excluding hydrogens is 325 g/mol. The van der Waals surface area contributed by atoms with Gasteiger partial charge in [-0.1, -0.05) is 30.3 Å². The number of nitrogens with zero attached hydrogens (tertiary/aromatic N) is 1. The number of nitrogens with one attached hydrogen (secondary N) is 1. The van der Waals surface area contributed by atoms with Crippen molar-refractivity contribution in [2.24, 2.45) is 0 Å². The number of hydrogen-bond donors (Lipinski definition) is 1. The molecule has 2 atom stereocenters. The number of ether oxygens (including phenoxy) is 2. The van der Waals surface area contributed by atoms with Gasteiger partial charge in [-0.05, 0) is 18.4 Å². The zero-order chi connectivity index (χ0) is 17.2. The van der Waals surface area contributed by atoms with Crippen LogP contribution in [0, 0.1) is 0 Å². The third kappa shape index (κ3) is 3.99. The predicted octanol–water partition coefficient (Wildman–Crippen LogP) is 2.66. The largest absolute Gasteiger partial charge is 0.460 e. The van der Waals surface area contributed by atoms with E-state index >= 15 is 0 Å². The normalized spacial score (nSPS) is 27.5. The number of carbonyl (C=O) groups is 1. The summed E-state index contributed by atoms with van der Waals surface area (Å²) in [5, 5.41) is 2.68. The van der Waals surface area contributed by atoms with E-state index in [1.54, 1.807) is 0 Å². The highest BCUT2D eigenvalue weighted by atomic mass is 19.4. The summed E-state index contributed by atoms with van der Waals surface area (Å²) in [6.45, 7) is 0.171. The summed E-state index contributed by atoms with van der Waals surface area (Å²) < 4.78 is 49.7. The Bertz CT molecular complexity index is 553. The van der Waals surface area contributed by atoms with Crippen LogP contribution in [0.15, 0.2) is 30.3 Å². The molecule has 0 aliphatic carbocycles. The summed E-state index contributed by atoms with van der Waals surface area (Å²) in [6.07, 6.45) is -4.60. The number of benzene rings is 1. The summed E-state index contributed by atoms with van der Waals surface area (Å²) >= 11 is 0. The molecule has 2 heterocycles. The highest BCUT2D eigenvalue weighted by Crippen LogP contribution is 2.36. The second-order valence-corrected chi connectivity index (χ2v) is 6.09. The van der Waals surface area contributed by atoms with Gasteiger partial charge >= 0.3 is 12.4 Å². The molecule has 2 bridgehead atoms. The first-order valence-electron chi connectivity index (χ1n) is 7.83. The number of hydrogen-bond acceptors (Lipinski definition) is 4. The summed E-state index contributed by atoms with van der Waals surface area (Å²) in [5.74, 6) is 0. The summed E-state index contributed by atoms with van der Waals surface area (Å²) in [7, 11) is 0. The zero-order valence-corrected chi connectivity index (χ0v) is 13.0. The lowest BCUT2D eigenvalue weighted by Crippen LogP contribution is -2.64. The molecule has 2 saturated heterocycles. The highest BCUT2D eigenvalue weighted by Gasteiger charge is 2.52. The standard InChI is InChI=1S/C16H19F3N2O3/c17-16(18,19)21-13-6-12(7-14(21)10-23-9-13)20-15(22)24-8-11-4-2-1-3-5-11/h1-5,12-14H,6-10H2,(H,20,22). The third-order valence-electron chi connectivity index (χ3n) is 4.35. The van der Waals surface area contributed by atoms with Crippen LogP contribution in [0.2, 0.25) is 0 Å². The number of piperidine rings is 1. The minimum Gasteiger partial charge on any atom is -0.445 e. The van der Waals surface area contributed by atoms with Crippen LogP contribution in [0.25, 0.3) is 0 Å². The van der Waals surface area contributed by atoms with Gasteiger partial charge in [0.2, 0.25) is 0 Å².